The summed E-state index contributed by atoms with van der Waals surface area (Å²) in [4.78, 5) is 8.30. The monoisotopic (exact) mass is 388 g/mol. The zero-order chi connectivity index (χ0) is 19.1. The van der Waals surface area contributed by atoms with Crippen molar-refractivity contribution >= 4 is 16.3 Å². The van der Waals surface area contributed by atoms with Gasteiger partial charge in [-0.05, 0) is 38.5 Å². The highest BCUT2D eigenvalue weighted by atomic mass is 32.1. The first kappa shape index (κ1) is 18.2. The van der Waals surface area contributed by atoms with E-state index in [0.29, 0.717) is 10.8 Å². The van der Waals surface area contributed by atoms with Gasteiger partial charge < -0.3 is 14.6 Å². The van der Waals surface area contributed by atoms with E-state index in [2.05, 4.69) is 34.9 Å². The third-order valence-electron chi connectivity index (χ3n) is 4.78. The molecule has 7 nitrogen and oxygen atoms in total. The van der Waals surface area contributed by atoms with Crippen LogP contribution in [0.4, 0.5) is 0 Å². The summed E-state index contributed by atoms with van der Waals surface area (Å²) >= 11 is 1.47. The maximum absolute atomic E-state index is 10.9. The molecule has 0 saturated carbocycles. The van der Waals surface area contributed by atoms with Crippen LogP contribution in [0.2, 0.25) is 0 Å². The van der Waals surface area contributed by atoms with E-state index >= 15 is 0 Å². The molecule has 4 rings (SSSR count). The lowest BCUT2D eigenvalue weighted by Crippen LogP contribution is -2.47. The Morgan fingerprint density at radius 3 is 2.70 bits per heavy atom. The average molecular weight is 388 g/mol. The molecule has 3 heterocycles. The molecule has 1 aliphatic rings. The second-order valence-corrected chi connectivity index (χ2v) is 8.04. The standard InChI is InChI=1S/C19H24N4O3S/c1-11-9-22(10-12(2)26-11)16(14-6-5-7-15(8-14)25-4)17-18(24)23-19(27-17)20-13(3)21-23/h5-8,11-12,16,24H,9-10H2,1-4H3/t11-,12-,16+/m1/s1. The largest absolute Gasteiger partial charge is 0.497 e. The molecule has 3 atom stereocenters. The Labute approximate surface area is 162 Å². The Morgan fingerprint density at radius 1 is 1.30 bits per heavy atom. The quantitative estimate of drug-likeness (QED) is 0.741. The minimum absolute atomic E-state index is 0.119. The van der Waals surface area contributed by atoms with Crippen LogP contribution < -0.4 is 4.74 Å². The Kier molecular flexibility index (Phi) is 4.79. The summed E-state index contributed by atoms with van der Waals surface area (Å²) in [7, 11) is 1.66. The molecule has 1 N–H and O–H groups in total. The lowest BCUT2D eigenvalue weighted by Gasteiger charge is -2.40. The van der Waals surface area contributed by atoms with Crippen molar-refractivity contribution in [2.75, 3.05) is 20.2 Å². The minimum atomic E-state index is -0.122. The second kappa shape index (κ2) is 7.10. The predicted octanol–water partition coefficient (Wildman–Crippen LogP) is 3.01. The second-order valence-electron chi connectivity index (χ2n) is 7.03. The molecule has 0 aliphatic carbocycles. The third-order valence-corrected chi connectivity index (χ3v) is 5.85. The average Bonchev–Trinajstić information content (AvgIpc) is 3.12. The first-order chi connectivity index (χ1) is 13.0. The number of hydrogen-bond donors (Lipinski definition) is 1. The summed E-state index contributed by atoms with van der Waals surface area (Å²) in [5, 5.41) is 15.2. The van der Waals surface area contributed by atoms with Gasteiger partial charge in [-0.1, -0.05) is 23.5 Å². The van der Waals surface area contributed by atoms with Crippen molar-refractivity contribution in [2.24, 2.45) is 0 Å². The number of fused-ring (bicyclic) bond motifs is 1. The molecule has 0 radical (unpaired) electrons. The molecule has 8 heteroatoms. The first-order valence-electron chi connectivity index (χ1n) is 9.04. The molecule has 0 spiro atoms. The van der Waals surface area contributed by atoms with Gasteiger partial charge >= 0.3 is 0 Å². The molecular formula is C19H24N4O3S. The lowest BCUT2D eigenvalue weighted by atomic mass is 10.0. The van der Waals surface area contributed by atoms with Crippen molar-refractivity contribution in [3.8, 4) is 11.6 Å². The molecule has 3 aromatic rings. The van der Waals surface area contributed by atoms with E-state index in [9.17, 15) is 5.11 Å². The van der Waals surface area contributed by atoms with Crippen LogP contribution in [0.25, 0.3) is 4.96 Å². The van der Waals surface area contributed by atoms with Crippen molar-refractivity contribution in [2.45, 2.75) is 39.0 Å². The third kappa shape index (κ3) is 3.40. The maximum atomic E-state index is 10.9. The SMILES string of the molecule is COc1cccc([C@@H](c2sc3nc(C)nn3c2O)N2C[C@@H](C)O[C@H](C)C2)c1. The first-order valence-corrected chi connectivity index (χ1v) is 9.86. The van der Waals surface area contributed by atoms with E-state index < -0.39 is 0 Å². The fourth-order valence-corrected chi connectivity index (χ4v) is 4.96. The number of aromatic hydroxyl groups is 1. The number of rotatable bonds is 4. The normalized spacial score (nSPS) is 22.2. The Balaban J connectivity index is 1.83. The van der Waals surface area contributed by atoms with E-state index in [0.717, 1.165) is 29.3 Å². The maximum Gasteiger partial charge on any atom is 0.230 e. The predicted molar refractivity (Wildman–Crippen MR) is 104 cm³/mol. The van der Waals surface area contributed by atoms with Crippen molar-refractivity contribution in [3.63, 3.8) is 0 Å². The number of aromatic nitrogens is 3. The molecule has 0 amide bonds. The van der Waals surface area contributed by atoms with E-state index in [-0.39, 0.29) is 24.1 Å². The zero-order valence-corrected chi connectivity index (χ0v) is 16.7. The van der Waals surface area contributed by atoms with Gasteiger partial charge in [0.1, 0.15) is 11.6 Å². The Morgan fingerprint density at radius 2 is 2.04 bits per heavy atom. The number of morpholine rings is 1. The van der Waals surface area contributed by atoms with Crippen LogP contribution in [0.5, 0.6) is 11.6 Å². The van der Waals surface area contributed by atoms with Crippen molar-refractivity contribution < 1.29 is 14.6 Å². The summed E-state index contributed by atoms with van der Waals surface area (Å²) in [6.45, 7) is 7.54. The molecule has 144 valence electrons. The van der Waals surface area contributed by atoms with Crippen LogP contribution in [0, 0.1) is 6.92 Å². The van der Waals surface area contributed by atoms with E-state index in [1.54, 1.807) is 7.11 Å². The number of methoxy groups -OCH3 is 1. The van der Waals surface area contributed by atoms with E-state index in [4.69, 9.17) is 9.47 Å². The van der Waals surface area contributed by atoms with E-state index in [1.165, 1.54) is 15.9 Å². The number of thiazole rings is 1. The highest BCUT2D eigenvalue weighted by Gasteiger charge is 2.34. The number of nitrogens with zero attached hydrogens (tertiary/aromatic N) is 4. The summed E-state index contributed by atoms with van der Waals surface area (Å²) < 4.78 is 12.9. The number of ether oxygens (including phenoxy) is 2. The van der Waals surface area contributed by atoms with Crippen molar-refractivity contribution in [1.82, 2.24) is 19.5 Å². The van der Waals surface area contributed by atoms with Crippen LogP contribution in [-0.2, 0) is 4.74 Å². The summed E-state index contributed by atoms with van der Waals surface area (Å²) in [6.07, 6.45) is 0.238. The summed E-state index contributed by atoms with van der Waals surface area (Å²) in [6, 6.07) is 7.88. The zero-order valence-electron chi connectivity index (χ0n) is 15.9. The van der Waals surface area contributed by atoms with Gasteiger partial charge in [0.25, 0.3) is 0 Å². The number of aryl methyl sites for hydroxylation is 1. The van der Waals surface area contributed by atoms with Gasteiger partial charge in [-0.3, -0.25) is 4.90 Å². The van der Waals surface area contributed by atoms with Crippen LogP contribution in [0.3, 0.4) is 0 Å². The fraction of sp³-hybridized carbons (Fsp3) is 0.474. The van der Waals surface area contributed by atoms with Gasteiger partial charge in [0, 0.05) is 13.1 Å². The molecular weight excluding hydrogens is 364 g/mol. The van der Waals surface area contributed by atoms with Gasteiger partial charge in [-0.25, -0.2) is 4.98 Å². The van der Waals surface area contributed by atoms with Crippen LogP contribution in [-0.4, -0.2) is 57.0 Å². The van der Waals surface area contributed by atoms with Gasteiger partial charge in [-0.15, -0.1) is 5.10 Å². The molecule has 27 heavy (non-hydrogen) atoms. The smallest absolute Gasteiger partial charge is 0.230 e. The summed E-state index contributed by atoms with van der Waals surface area (Å²) in [5.74, 6) is 1.59. The van der Waals surface area contributed by atoms with Crippen LogP contribution >= 0.6 is 11.3 Å². The lowest BCUT2D eigenvalue weighted by molar-refractivity contribution is -0.0764. The number of benzene rings is 1. The van der Waals surface area contributed by atoms with Gasteiger partial charge in [0.05, 0.1) is 30.2 Å². The molecule has 0 unspecified atom stereocenters. The van der Waals surface area contributed by atoms with Gasteiger partial charge in [0.2, 0.25) is 10.8 Å². The highest BCUT2D eigenvalue weighted by molar-refractivity contribution is 7.17. The Bertz CT molecular complexity index is 944. The fourth-order valence-electron chi connectivity index (χ4n) is 3.79. The molecule has 1 aromatic carbocycles. The van der Waals surface area contributed by atoms with Gasteiger partial charge in [-0.2, -0.15) is 4.52 Å². The molecule has 0 bridgehead atoms. The molecule has 1 saturated heterocycles. The van der Waals surface area contributed by atoms with Crippen LogP contribution in [0.15, 0.2) is 24.3 Å². The minimum Gasteiger partial charge on any atom is -0.497 e. The van der Waals surface area contributed by atoms with Gasteiger partial charge in [0.15, 0.2) is 0 Å². The van der Waals surface area contributed by atoms with Crippen LogP contribution in [0.1, 0.15) is 36.2 Å². The summed E-state index contributed by atoms with van der Waals surface area (Å²) in [5.41, 5.74) is 1.06. The molecule has 1 fully saturated rings. The van der Waals surface area contributed by atoms with E-state index in [1.807, 2.05) is 25.1 Å². The highest BCUT2D eigenvalue weighted by Crippen LogP contribution is 2.41. The topological polar surface area (TPSA) is 72.1 Å². The number of hydrogen-bond acceptors (Lipinski definition) is 7. The van der Waals surface area contributed by atoms with Crippen molar-refractivity contribution in [1.29, 1.82) is 0 Å². The molecule has 2 aromatic heterocycles. The van der Waals surface area contributed by atoms with Crippen molar-refractivity contribution in [3.05, 3.63) is 40.5 Å². The molecule has 1 aliphatic heterocycles. The Hall–Kier alpha value is -2.16.